The molecule has 0 radical (unpaired) electrons. The van der Waals surface area contributed by atoms with Gasteiger partial charge in [-0.15, -0.1) is 0 Å². The highest BCUT2D eigenvalue weighted by Gasteiger charge is 2.61. The Kier molecular flexibility index (Phi) is 5.28. The van der Waals surface area contributed by atoms with Gasteiger partial charge < -0.3 is 4.90 Å². The van der Waals surface area contributed by atoms with Crippen LogP contribution < -0.4 is 0 Å². The number of carbonyl (C=O) groups is 1. The summed E-state index contributed by atoms with van der Waals surface area (Å²) in [6.07, 6.45) is 2.73. The van der Waals surface area contributed by atoms with Crippen LogP contribution in [-0.4, -0.2) is 36.8 Å². The number of sulfone groups is 1. The molecule has 4 nitrogen and oxygen atoms in total. The first-order valence-electron chi connectivity index (χ1n) is 9.73. The number of aryl methyl sites for hydroxylation is 1. The minimum Gasteiger partial charge on any atom is -0.334 e. The predicted molar refractivity (Wildman–Crippen MR) is 109 cm³/mol. The Bertz CT molecular complexity index is 848. The summed E-state index contributed by atoms with van der Waals surface area (Å²) in [5.41, 5.74) is 3.37. The van der Waals surface area contributed by atoms with E-state index in [1.54, 1.807) is 0 Å². The van der Waals surface area contributed by atoms with E-state index in [2.05, 4.69) is 33.8 Å². The molecule has 148 valence electrons. The summed E-state index contributed by atoms with van der Waals surface area (Å²) in [5.74, 6) is 0.533. The van der Waals surface area contributed by atoms with E-state index >= 15 is 0 Å². The third-order valence-electron chi connectivity index (χ3n) is 6.10. The molecule has 1 saturated carbocycles. The average Bonchev–Trinajstić information content (AvgIpc) is 2.90. The van der Waals surface area contributed by atoms with Crippen LogP contribution in [0.2, 0.25) is 0 Å². The molecule has 0 unspecified atom stereocenters. The van der Waals surface area contributed by atoms with E-state index in [1.807, 2.05) is 36.1 Å². The molecule has 1 aromatic carbocycles. The summed E-state index contributed by atoms with van der Waals surface area (Å²) in [7, 11) is -3.05. The zero-order valence-electron chi connectivity index (χ0n) is 17.0. The third kappa shape index (κ3) is 4.29. The second kappa shape index (κ2) is 7.08. The first-order valence-corrected chi connectivity index (χ1v) is 11.5. The summed E-state index contributed by atoms with van der Waals surface area (Å²) in [6, 6.07) is 7.93. The van der Waals surface area contributed by atoms with E-state index in [9.17, 15) is 13.2 Å². The largest absolute Gasteiger partial charge is 0.334 e. The van der Waals surface area contributed by atoms with Gasteiger partial charge in [0.15, 0.2) is 9.84 Å². The van der Waals surface area contributed by atoms with Gasteiger partial charge in [0.2, 0.25) is 5.91 Å². The maximum Gasteiger partial charge on any atom is 0.227 e. The normalized spacial score (nSPS) is 27.8. The molecule has 2 aliphatic rings. The molecule has 3 rings (SSSR count). The lowest BCUT2D eigenvalue weighted by Crippen LogP contribution is -2.42. The Hall–Kier alpha value is -1.62. The molecule has 3 atom stereocenters. The van der Waals surface area contributed by atoms with Gasteiger partial charge in [0.25, 0.3) is 0 Å². The lowest BCUT2D eigenvalue weighted by atomic mass is 10.1. The van der Waals surface area contributed by atoms with Gasteiger partial charge in [0.05, 0.1) is 17.4 Å². The van der Waals surface area contributed by atoms with Gasteiger partial charge >= 0.3 is 0 Å². The first-order chi connectivity index (χ1) is 12.5. The standard InChI is InChI=1S/C22H31NO3S/c1-15(2)12-19-20(22(19,4)5)21(24)23(18-10-11-27(25,26)14-18)13-17-8-6-16(3)7-9-17/h6-9,12,18-20H,10-11,13-14H2,1-5H3/t18-,19+,20+/m1/s1. The van der Waals surface area contributed by atoms with Crippen LogP contribution in [0.15, 0.2) is 35.9 Å². The maximum absolute atomic E-state index is 13.5. The van der Waals surface area contributed by atoms with Crippen molar-refractivity contribution in [3.05, 3.63) is 47.0 Å². The van der Waals surface area contributed by atoms with Crippen LogP contribution in [0.3, 0.4) is 0 Å². The molecule has 0 aromatic heterocycles. The van der Waals surface area contributed by atoms with Gasteiger partial charge in [0.1, 0.15) is 0 Å². The van der Waals surface area contributed by atoms with Gasteiger partial charge in [-0.3, -0.25) is 4.79 Å². The number of nitrogens with zero attached hydrogens (tertiary/aromatic N) is 1. The van der Waals surface area contributed by atoms with Crippen LogP contribution in [0.4, 0.5) is 0 Å². The zero-order valence-corrected chi connectivity index (χ0v) is 17.8. The van der Waals surface area contributed by atoms with Crippen molar-refractivity contribution in [2.24, 2.45) is 17.3 Å². The summed E-state index contributed by atoms with van der Waals surface area (Å²) in [6.45, 7) is 10.9. The Labute approximate surface area is 163 Å². The number of rotatable bonds is 5. The van der Waals surface area contributed by atoms with Crippen molar-refractivity contribution >= 4 is 15.7 Å². The molecule has 0 spiro atoms. The van der Waals surface area contributed by atoms with Crippen molar-refractivity contribution in [2.75, 3.05) is 11.5 Å². The monoisotopic (exact) mass is 389 g/mol. The molecular weight excluding hydrogens is 358 g/mol. The Morgan fingerprint density at radius 1 is 1.22 bits per heavy atom. The van der Waals surface area contributed by atoms with Crippen LogP contribution in [0.1, 0.15) is 45.2 Å². The number of carbonyl (C=O) groups excluding carboxylic acids is 1. The number of amides is 1. The summed E-state index contributed by atoms with van der Waals surface area (Å²) in [5, 5.41) is 0. The fourth-order valence-electron chi connectivity index (χ4n) is 4.30. The fourth-order valence-corrected chi connectivity index (χ4v) is 6.03. The quantitative estimate of drug-likeness (QED) is 0.721. The second-order valence-corrected chi connectivity index (χ2v) is 11.3. The van der Waals surface area contributed by atoms with Crippen molar-refractivity contribution in [2.45, 2.75) is 53.6 Å². The molecule has 5 heteroatoms. The van der Waals surface area contributed by atoms with Crippen molar-refractivity contribution in [1.29, 1.82) is 0 Å². The van der Waals surface area contributed by atoms with Crippen molar-refractivity contribution in [3.8, 4) is 0 Å². The molecule has 2 fully saturated rings. The highest BCUT2D eigenvalue weighted by Crippen LogP contribution is 2.60. The maximum atomic E-state index is 13.5. The summed E-state index contributed by atoms with van der Waals surface area (Å²) >= 11 is 0. The van der Waals surface area contributed by atoms with Crippen LogP contribution in [0.25, 0.3) is 0 Å². The SMILES string of the molecule is CC(C)=C[C@H]1[C@@H](C(=O)N(Cc2ccc(C)cc2)[C@@H]2CCS(=O)(=O)C2)C1(C)C. The predicted octanol–water partition coefficient (Wildman–Crippen LogP) is 3.75. The van der Waals surface area contributed by atoms with Gasteiger partial charge in [-0.2, -0.15) is 0 Å². The lowest BCUT2D eigenvalue weighted by Gasteiger charge is -2.29. The minimum absolute atomic E-state index is 0.0684. The molecule has 0 N–H and O–H groups in total. The highest BCUT2D eigenvalue weighted by atomic mass is 32.2. The average molecular weight is 390 g/mol. The van der Waals surface area contributed by atoms with E-state index in [1.165, 1.54) is 11.1 Å². The number of allylic oxidation sites excluding steroid dienone is 2. The van der Waals surface area contributed by atoms with Crippen LogP contribution in [0.5, 0.6) is 0 Å². The molecule has 1 amide bonds. The highest BCUT2D eigenvalue weighted by molar-refractivity contribution is 7.91. The number of hydrogen-bond acceptors (Lipinski definition) is 3. The van der Waals surface area contributed by atoms with E-state index < -0.39 is 9.84 Å². The topological polar surface area (TPSA) is 54.5 Å². The van der Waals surface area contributed by atoms with E-state index in [4.69, 9.17) is 0 Å². The van der Waals surface area contributed by atoms with E-state index in [0.717, 1.165) is 5.56 Å². The zero-order chi connectivity index (χ0) is 20.0. The second-order valence-electron chi connectivity index (χ2n) is 9.08. The van der Waals surface area contributed by atoms with E-state index in [-0.39, 0.29) is 40.7 Å². The lowest BCUT2D eigenvalue weighted by molar-refractivity contribution is -0.136. The molecule has 27 heavy (non-hydrogen) atoms. The van der Waals surface area contributed by atoms with Crippen LogP contribution >= 0.6 is 0 Å². The summed E-state index contributed by atoms with van der Waals surface area (Å²) in [4.78, 5) is 15.3. The number of benzene rings is 1. The number of hydrogen-bond donors (Lipinski definition) is 0. The van der Waals surface area contributed by atoms with Crippen molar-refractivity contribution in [1.82, 2.24) is 4.90 Å². The van der Waals surface area contributed by atoms with Gasteiger partial charge in [0, 0.05) is 12.6 Å². The van der Waals surface area contributed by atoms with E-state index in [0.29, 0.717) is 13.0 Å². The first kappa shape index (κ1) is 20.1. The Balaban J connectivity index is 1.86. The minimum atomic E-state index is -3.05. The molecule has 1 heterocycles. The van der Waals surface area contributed by atoms with Crippen LogP contribution in [0, 0.1) is 24.2 Å². The van der Waals surface area contributed by atoms with Gasteiger partial charge in [-0.1, -0.05) is 55.3 Å². The molecule has 0 bridgehead atoms. The van der Waals surface area contributed by atoms with Crippen molar-refractivity contribution in [3.63, 3.8) is 0 Å². The Morgan fingerprint density at radius 2 is 1.85 bits per heavy atom. The van der Waals surface area contributed by atoms with Gasteiger partial charge in [-0.25, -0.2) is 8.42 Å². The third-order valence-corrected chi connectivity index (χ3v) is 7.85. The molecule has 1 aromatic rings. The van der Waals surface area contributed by atoms with Crippen molar-refractivity contribution < 1.29 is 13.2 Å². The molecule has 1 aliphatic heterocycles. The van der Waals surface area contributed by atoms with Crippen LogP contribution in [-0.2, 0) is 21.2 Å². The molecule has 1 aliphatic carbocycles. The fraction of sp³-hybridized carbons (Fsp3) is 0.591. The smallest absolute Gasteiger partial charge is 0.227 e. The van der Waals surface area contributed by atoms with Gasteiger partial charge in [-0.05, 0) is 44.1 Å². The molecular formula is C22H31NO3S. The Morgan fingerprint density at radius 3 is 2.37 bits per heavy atom. The molecule has 1 saturated heterocycles. The summed E-state index contributed by atoms with van der Waals surface area (Å²) < 4.78 is 24.1.